The zero-order chi connectivity index (χ0) is 10.1. The van der Waals surface area contributed by atoms with Crippen molar-refractivity contribution in [2.45, 2.75) is 4.90 Å². The number of hydrogen-bond acceptors (Lipinski definition) is 3. The number of rotatable bonds is 2. The van der Waals surface area contributed by atoms with E-state index in [1.54, 1.807) is 0 Å². The number of halogens is 2. The maximum atomic E-state index is 10.6. The van der Waals surface area contributed by atoms with Crippen LogP contribution in [0.25, 0.3) is 0 Å². The highest BCUT2D eigenvalue weighted by molar-refractivity contribution is 7.85. The van der Waals surface area contributed by atoms with Gasteiger partial charge in [-0.1, -0.05) is 6.07 Å². The Balaban J connectivity index is 0. The first-order chi connectivity index (χ1) is 5.91. The molecule has 0 fully saturated rings. The second-order valence-corrected chi connectivity index (χ2v) is 3.73. The van der Waals surface area contributed by atoms with Crippen molar-refractivity contribution in [3.05, 3.63) is 29.8 Å². The highest BCUT2D eigenvalue weighted by atomic mass is 35.5. The molecule has 0 bridgehead atoms. The van der Waals surface area contributed by atoms with Gasteiger partial charge in [-0.25, -0.2) is 4.79 Å². The van der Waals surface area contributed by atoms with Crippen LogP contribution in [0, 0.1) is 0 Å². The second-order valence-electron chi connectivity index (χ2n) is 2.31. The number of benzene rings is 1. The van der Waals surface area contributed by atoms with Gasteiger partial charge in [0, 0.05) is 0 Å². The molecule has 1 rings (SSSR count). The molecule has 5 nitrogen and oxygen atoms in total. The fourth-order valence-electron chi connectivity index (χ4n) is 0.790. The molecule has 1 aromatic rings. The monoisotopic (exact) mass is 274 g/mol. The van der Waals surface area contributed by atoms with Gasteiger partial charge in [-0.05, 0) is 18.2 Å². The van der Waals surface area contributed by atoms with E-state index in [2.05, 4.69) is 0 Å². The molecule has 0 heterocycles. The van der Waals surface area contributed by atoms with Crippen LogP contribution in [0.15, 0.2) is 29.2 Å². The van der Waals surface area contributed by atoms with E-state index in [0.717, 1.165) is 12.1 Å². The molecule has 8 heteroatoms. The van der Waals surface area contributed by atoms with Gasteiger partial charge >= 0.3 is 5.97 Å². The third kappa shape index (κ3) is 4.48. The van der Waals surface area contributed by atoms with E-state index in [1.165, 1.54) is 12.1 Å². The van der Waals surface area contributed by atoms with Crippen molar-refractivity contribution >= 4 is 40.9 Å². The molecule has 0 aromatic heterocycles. The Kier molecular flexibility index (Phi) is 6.55. The van der Waals surface area contributed by atoms with Crippen LogP contribution in [0.4, 0.5) is 0 Å². The van der Waals surface area contributed by atoms with Crippen molar-refractivity contribution < 1.29 is 22.9 Å². The SMILES string of the molecule is Cl.Cl.O=C(O)c1cccc(S(=O)(=O)O)c1. The van der Waals surface area contributed by atoms with Gasteiger partial charge in [0.1, 0.15) is 0 Å². The van der Waals surface area contributed by atoms with Crippen molar-refractivity contribution in [3.63, 3.8) is 0 Å². The van der Waals surface area contributed by atoms with Crippen LogP contribution in [0.1, 0.15) is 10.4 Å². The second kappa shape index (κ2) is 5.92. The van der Waals surface area contributed by atoms with Crippen molar-refractivity contribution in [2.75, 3.05) is 0 Å². The lowest BCUT2D eigenvalue weighted by Crippen LogP contribution is -2.01. The lowest BCUT2D eigenvalue weighted by Gasteiger charge is -1.97. The molecule has 0 radical (unpaired) electrons. The summed E-state index contributed by atoms with van der Waals surface area (Å²) in [5.41, 5.74) is -0.185. The number of carbonyl (C=O) groups is 1. The minimum absolute atomic E-state index is 0. The summed E-state index contributed by atoms with van der Waals surface area (Å²) < 4.78 is 29.7. The number of carboxylic acids is 1. The fraction of sp³-hybridized carbons (Fsp3) is 0. The van der Waals surface area contributed by atoms with Crippen LogP contribution in [-0.2, 0) is 10.1 Å². The molecule has 0 amide bonds. The summed E-state index contributed by atoms with van der Waals surface area (Å²) in [5.74, 6) is -1.24. The summed E-state index contributed by atoms with van der Waals surface area (Å²) in [6.45, 7) is 0. The lowest BCUT2D eigenvalue weighted by molar-refractivity contribution is 0.0696. The van der Waals surface area contributed by atoms with Crippen LogP contribution in [0.2, 0.25) is 0 Å². The number of aromatic carboxylic acids is 1. The maximum absolute atomic E-state index is 10.6. The Morgan fingerprint density at radius 3 is 2.13 bits per heavy atom. The molecule has 86 valence electrons. The van der Waals surface area contributed by atoms with Gasteiger partial charge in [0.2, 0.25) is 0 Å². The topological polar surface area (TPSA) is 91.7 Å². The van der Waals surface area contributed by atoms with Crippen LogP contribution in [0.3, 0.4) is 0 Å². The summed E-state index contributed by atoms with van der Waals surface area (Å²) in [5, 5.41) is 8.50. The summed E-state index contributed by atoms with van der Waals surface area (Å²) >= 11 is 0. The van der Waals surface area contributed by atoms with Crippen molar-refractivity contribution in [1.29, 1.82) is 0 Å². The van der Waals surface area contributed by atoms with Gasteiger partial charge in [-0.3, -0.25) is 4.55 Å². The third-order valence-electron chi connectivity index (χ3n) is 1.38. The molecule has 0 unspecified atom stereocenters. The smallest absolute Gasteiger partial charge is 0.335 e. The lowest BCUT2D eigenvalue weighted by atomic mass is 10.2. The van der Waals surface area contributed by atoms with E-state index in [0.29, 0.717) is 0 Å². The first-order valence-corrected chi connectivity index (χ1v) is 4.66. The Morgan fingerprint density at radius 2 is 1.73 bits per heavy atom. The Bertz CT molecular complexity index is 442. The highest BCUT2D eigenvalue weighted by Gasteiger charge is 2.11. The molecule has 1 aromatic carbocycles. The van der Waals surface area contributed by atoms with E-state index in [9.17, 15) is 13.2 Å². The minimum Gasteiger partial charge on any atom is -0.478 e. The Labute approximate surface area is 98.7 Å². The van der Waals surface area contributed by atoms with E-state index in [4.69, 9.17) is 9.66 Å². The van der Waals surface area contributed by atoms with Crippen molar-refractivity contribution in [2.24, 2.45) is 0 Å². The molecule has 0 aliphatic heterocycles. The maximum Gasteiger partial charge on any atom is 0.335 e. The molecular weight excluding hydrogens is 267 g/mol. The largest absolute Gasteiger partial charge is 0.478 e. The number of carboxylic acid groups (broad SMARTS) is 1. The third-order valence-corrected chi connectivity index (χ3v) is 2.23. The average Bonchev–Trinajstić information content (AvgIpc) is 2.03. The first-order valence-electron chi connectivity index (χ1n) is 3.22. The number of hydrogen-bond donors (Lipinski definition) is 2. The van der Waals surface area contributed by atoms with E-state index < -0.39 is 21.0 Å². The Hall–Kier alpha value is -0.820. The van der Waals surface area contributed by atoms with E-state index in [1.807, 2.05) is 0 Å². The van der Waals surface area contributed by atoms with Crippen molar-refractivity contribution in [1.82, 2.24) is 0 Å². The minimum atomic E-state index is -4.32. The zero-order valence-corrected chi connectivity index (χ0v) is 9.60. The van der Waals surface area contributed by atoms with Crippen LogP contribution in [0.5, 0.6) is 0 Å². The van der Waals surface area contributed by atoms with Crippen LogP contribution >= 0.6 is 24.8 Å². The van der Waals surface area contributed by atoms with Gasteiger partial charge in [0.05, 0.1) is 10.5 Å². The van der Waals surface area contributed by atoms with Gasteiger partial charge < -0.3 is 5.11 Å². The molecule has 0 atom stereocenters. The predicted octanol–water partition coefficient (Wildman–Crippen LogP) is 1.48. The highest BCUT2D eigenvalue weighted by Crippen LogP contribution is 2.10. The van der Waals surface area contributed by atoms with E-state index in [-0.39, 0.29) is 30.4 Å². The zero-order valence-electron chi connectivity index (χ0n) is 7.15. The summed E-state index contributed by atoms with van der Waals surface area (Å²) in [7, 11) is -4.32. The molecule has 2 N–H and O–H groups in total. The molecule has 15 heavy (non-hydrogen) atoms. The normalized spacial score (nSPS) is 9.67. The van der Waals surface area contributed by atoms with Gasteiger partial charge in [-0.2, -0.15) is 8.42 Å². The first kappa shape index (κ1) is 16.6. The molecule has 0 aliphatic rings. The predicted molar refractivity (Wildman–Crippen MR) is 57.7 cm³/mol. The molecular formula is C7H8Cl2O5S. The summed E-state index contributed by atoms with van der Waals surface area (Å²) in [4.78, 5) is 9.98. The van der Waals surface area contributed by atoms with Crippen LogP contribution in [-0.4, -0.2) is 24.0 Å². The molecule has 0 saturated carbocycles. The van der Waals surface area contributed by atoms with E-state index >= 15 is 0 Å². The Morgan fingerprint density at radius 1 is 1.20 bits per heavy atom. The van der Waals surface area contributed by atoms with Crippen LogP contribution < -0.4 is 0 Å². The summed E-state index contributed by atoms with van der Waals surface area (Å²) in [6, 6.07) is 4.48. The molecule has 0 spiro atoms. The van der Waals surface area contributed by atoms with Crippen molar-refractivity contribution in [3.8, 4) is 0 Å². The van der Waals surface area contributed by atoms with Gasteiger partial charge in [0.15, 0.2) is 0 Å². The summed E-state index contributed by atoms with van der Waals surface area (Å²) in [6.07, 6.45) is 0. The van der Waals surface area contributed by atoms with Gasteiger partial charge in [-0.15, -0.1) is 24.8 Å². The molecule has 0 saturated heterocycles. The average molecular weight is 275 g/mol. The molecule has 0 aliphatic carbocycles. The quantitative estimate of drug-likeness (QED) is 0.797. The standard InChI is InChI=1S/C7H6O5S.2ClH/c8-7(9)5-2-1-3-6(4-5)13(10,11)12;;/h1-4H,(H,8,9)(H,10,11,12);2*1H. The fourth-order valence-corrected chi connectivity index (χ4v) is 1.32. The van der Waals surface area contributed by atoms with Gasteiger partial charge in [0.25, 0.3) is 10.1 Å².